The number of amides is 1. The molecule has 1 aromatic rings. The Morgan fingerprint density at radius 1 is 1.21 bits per heavy atom. The molecule has 1 aromatic carbocycles. The standard InChI is InChI=1S/C19H27NO4/c21-18(11-10-17-8-4-5-13-24-17)20-16(9-12-19(22)23)14-15-6-2-1-3-7-15/h1-3,6-7,16-17H,4-5,8-14H2,(H,20,21)(H,22,23). The Kier molecular flexibility index (Phi) is 7.75. The SMILES string of the molecule is O=C(O)CCC(Cc1ccccc1)NC(=O)CCC1CCCCO1. The summed E-state index contributed by atoms with van der Waals surface area (Å²) in [5, 5.41) is 11.9. The first kappa shape index (κ1) is 18.5. The van der Waals surface area contributed by atoms with Gasteiger partial charge in [0.25, 0.3) is 0 Å². The molecule has 1 heterocycles. The van der Waals surface area contributed by atoms with Crippen molar-refractivity contribution in [3.8, 4) is 0 Å². The predicted octanol–water partition coefficient (Wildman–Crippen LogP) is 2.93. The second-order valence-corrected chi connectivity index (χ2v) is 6.41. The molecule has 1 amide bonds. The van der Waals surface area contributed by atoms with Crippen LogP contribution in [0.4, 0.5) is 0 Å². The highest BCUT2D eigenvalue weighted by Gasteiger charge is 2.18. The molecule has 5 nitrogen and oxygen atoms in total. The van der Waals surface area contributed by atoms with Crippen molar-refractivity contribution in [3.05, 3.63) is 35.9 Å². The lowest BCUT2D eigenvalue weighted by Gasteiger charge is -2.23. The number of carbonyl (C=O) groups is 2. The van der Waals surface area contributed by atoms with Crippen LogP contribution in [0.2, 0.25) is 0 Å². The van der Waals surface area contributed by atoms with Gasteiger partial charge in [0.05, 0.1) is 6.10 Å². The van der Waals surface area contributed by atoms with Crippen LogP contribution in [0.3, 0.4) is 0 Å². The van der Waals surface area contributed by atoms with Crippen LogP contribution in [0.1, 0.15) is 50.5 Å². The normalized spacial score (nSPS) is 18.8. The maximum atomic E-state index is 12.2. The Labute approximate surface area is 143 Å². The molecule has 0 aromatic heterocycles. The fraction of sp³-hybridized carbons (Fsp3) is 0.579. The molecule has 132 valence electrons. The third kappa shape index (κ3) is 7.13. The molecule has 2 N–H and O–H groups in total. The van der Waals surface area contributed by atoms with Gasteiger partial charge in [-0.1, -0.05) is 30.3 Å². The van der Waals surface area contributed by atoms with E-state index >= 15 is 0 Å². The Hall–Kier alpha value is -1.88. The average Bonchev–Trinajstić information content (AvgIpc) is 2.60. The summed E-state index contributed by atoms with van der Waals surface area (Å²) < 4.78 is 5.65. The summed E-state index contributed by atoms with van der Waals surface area (Å²) in [7, 11) is 0. The van der Waals surface area contributed by atoms with Crippen molar-refractivity contribution in [1.82, 2.24) is 5.32 Å². The van der Waals surface area contributed by atoms with Gasteiger partial charge in [0.2, 0.25) is 5.91 Å². The first-order valence-corrected chi connectivity index (χ1v) is 8.80. The van der Waals surface area contributed by atoms with Crippen LogP contribution in [-0.4, -0.2) is 35.7 Å². The van der Waals surface area contributed by atoms with E-state index in [2.05, 4.69) is 5.32 Å². The van der Waals surface area contributed by atoms with Gasteiger partial charge >= 0.3 is 5.97 Å². The van der Waals surface area contributed by atoms with Crippen LogP contribution in [-0.2, 0) is 20.7 Å². The van der Waals surface area contributed by atoms with Gasteiger partial charge in [-0.15, -0.1) is 0 Å². The van der Waals surface area contributed by atoms with Crippen LogP contribution >= 0.6 is 0 Å². The van der Waals surface area contributed by atoms with E-state index in [4.69, 9.17) is 9.84 Å². The number of rotatable bonds is 9. The molecule has 2 rings (SSSR count). The quantitative estimate of drug-likeness (QED) is 0.728. The maximum absolute atomic E-state index is 12.2. The van der Waals surface area contributed by atoms with Crippen molar-refractivity contribution in [2.75, 3.05) is 6.61 Å². The summed E-state index contributed by atoms with van der Waals surface area (Å²) in [4.78, 5) is 23.1. The van der Waals surface area contributed by atoms with Crippen molar-refractivity contribution < 1.29 is 19.4 Å². The van der Waals surface area contributed by atoms with Gasteiger partial charge in [-0.05, 0) is 44.1 Å². The minimum absolute atomic E-state index is 0.0181. The minimum Gasteiger partial charge on any atom is -0.481 e. The number of carboxylic acids is 1. The summed E-state index contributed by atoms with van der Waals surface area (Å²) in [5.74, 6) is -0.853. The van der Waals surface area contributed by atoms with Crippen LogP contribution in [0.15, 0.2) is 30.3 Å². The molecule has 2 atom stereocenters. The minimum atomic E-state index is -0.835. The van der Waals surface area contributed by atoms with Gasteiger partial charge in [0.15, 0.2) is 0 Å². The molecule has 0 spiro atoms. The van der Waals surface area contributed by atoms with Gasteiger partial charge in [0.1, 0.15) is 0 Å². The molecular weight excluding hydrogens is 306 g/mol. The van der Waals surface area contributed by atoms with Crippen molar-refractivity contribution in [2.24, 2.45) is 0 Å². The van der Waals surface area contributed by atoms with E-state index in [-0.39, 0.29) is 24.5 Å². The Balaban J connectivity index is 1.81. The van der Waals surface area contributed by atoms with Crippen molar-refractivity contribution in [2.45, 2.75) is 63.5 Å². The van der Waals surface area contributed by atoms with E-state index in [0.717, 1.165) is 31.4 Å². The lowest BCUT2D eigenvalue weighted by molar-refractivity contribution is -0.137. The highest BCUT2D eigenvalue weighted by molar-refractivity contribution is 5.76. The van der Waals surface area contributed by atoms with Gasteiger partial charge in [-0.25, -0.2) is 0 Å². The first-order valence-electron chi connectivity index (χ1n) is 8.80. The molecule has 0 aliphatic carbocycles. The Bertz CT molecular complexity index is 511. The predicted molar refractivity (Wildman–Crippen MR) is 91.8 cm³/mol. The lowest BCUT2D eigenvalue weighted by atomic mass is 10.0. The van der Waals surface area contributed by atoms with Gasteiger partial charge in [-0.3, -0.25) is 9.59 Å². The lowest BCUT2D eigenvalue weighted by Crippen LogP contribution is -2.37. The van der Waals surface area contributed by atoms with Crippen molar-refractivity contribution >= 4 is 11.9 Å². The number of ether oxygens (including phenoxy) is 1. The molecule has 1 saturated heterocycles. The number of carbonyl (C=O) groups excluding carboxylic acids is 1. The number of hydrogen-bond donors (Lipinski definition) is 2. The zero-order chi connectivity index (χ0) is 17.2. The third-order valence-electron chi connectivity index (χ3n) is 4.36. The maximum Gasteiger partial charge on any atom is 0.303 e. The fourth-order valence-electron chi connectivity index (χ4n) is 3.05. The van der Waals surface area contributed by atoms with E-state index in [1.54, 1.807) is 0 Å². The van der Waals surface area contributed by atoms with Gasteiger partial charge in [-0.2, -0.15) is 0 Å². The number of benzene rings is 1. The van der Waals surface area contributed by atoms with Gasteiger partial charge < -0.3 is 15.2 Å². The summed E-state index contributed by atoms with van der Waals surface area (Å²) in [6.07, 6.45) is 5.82. The first-order chi connectivity index (χ1) is 11.6. The molecule has 0 bridgehead atoms. The van der Waals surface area contributed by atoms with Gasteiger partial charge in [0, 0.05) is 25.5 Å². The fourth-order valence-corrected chi connectivity index (χ4v) is 3.05. The topological polar surface area (TPSA) is 75.6 Å². The molecule has 5 heteroatoms. The summed E-state index contributed by atoms with van der Waals surface area (Å²) >= 11 is 0. The molecule has 24 heavy (non-hydrogen) atoms. The number of hydrogen-bond acceptors (Lipinski definition) is 3. The largest absolute Gasteiger partial charge is 0.481 e. The van der Waals surface area contributed by atoms with Crippen molar-refractivity contribution in [3.63, 3.8) is 0 Å². The molecule has 1 fully saturated rings. The van der Waals surface area contributed by atoms with E-state index in [1.807, 2.05) is 30.3 Å². The van der Waals surface area contributed by atoms with E-state index in [9.17, 15) is 9.59 Å². The second kappa shape index (κ2) is 10.1. The molecule has 1 aliphatic rings. The Morgan fingerprint density at radius 3 is 2.67 bits per heavy atom. The number of aliphatic carboxylic acids is 1. The van der Waals surface area contributed by atoms with E-state index in [0.29, 0.717) is 19.3 Å². The second-order valence-electron chi connectivity index (χ2n) is 6.41. The molecule has 0 saturated carbocycles. The van der Waals surface area contributed by atoms with Crippen LogP contribution in [0, 0.1) is 0 Å². The Morgan fingerprint density at radius 2 is 2.00 bits per heavy atom. The zero-order valence-corrected chi connectivity index (χ0v) is 14.1. The van der Waals surface area contributed by atoms with E-state index < -0.39 is 5.97 Å². The molecule has 2 unspecified atom stereocenters. The highest BCUT2D eigenvalue weighted by Crippen LogP contribution is 2.17. The monoisotopic (exact) mass is 333 g/mol. The number of carboxylic acid groups (broad SMARTS) is 1. The van der Waals surface area contributed by atoms with Crippen LogP contribution in [0.25, 0.3) is 0 Å². The highest BCUT2D eigenvalue weighted by atomic mass is 16.5. The van der Waals surface area contributed by atoms with Crippen LogP contribution < -0.4 is 5.32 Å². The molecule has 0 radical (unpaired) electrons. The van der Waals surface area contributed by atoms with Crippen LogP contribution in [0.5, 0.6) is 0 Å². The third-order valence-corrected chi connectivity index (χ3v) is 4.36. The summed E-state index contributed by atoms with van der Waals surface area (Å²) in [6.45, 7) is 0.793. The number of nitrogens with one attached hydrogen (secondary N) is 1. The average molecular weight is 333 g/mol. The summed E-state index contributed by atoms with van der Waals surface area (Å²) in [5.41, 5.74) is 1.10. The smallest absolute Gasteiger partial charge is 0.303 e. The summed E-state index contributed by atoms with van der Waals surface area (Å²) in [6, 6.07) is 9.69. The molecular formula is C19H27NO4. The molecule has 1 aliphatic heterocycles. The zero-order valence-electron chi connectivity index (χ0n) is 14.1. The van der Waals surface area contributed by atoms with Crippen molar-refractivity contribution in [1.29, 1.82) is 0 Å². The van der Waals surface area contributed by atoms with E-state index in [1.165, 1.54) is 6.42 Å².